The van der Waals surface area contributed by atoms with Crippen LogP contribution in [0.3, 0.4) is 0 Å². The molecule has 0 aliphatic heterocycles. The lowest BCUT2D eigenvalue weighted by Gasteiger charge is -2.31. The van der Waals surface area contributed by atoms with E-state index in [-0.39, 0.29) is 17.9 Å². The van der Waals surface area contributed by atoms with Gasteiger partial charge >= 0.3 is 0 Å². The van der Waals surface area contributed by atoms with Gasteiger partial charge in [-0.2, -0.15) is 0 Å². The molecule has 0 aromatic heterocycles. The Labute approximate surface area is 152 Å². The summed E-state index contributed by atoms with van der Waals surface area (Å²) in [7, 11) is 0. The molecule has 1 aliphatic carbocycles. The van der Waals surface area contributed by atoms with E-state index in [9.17, 15) is 9.59 Å². The first kappa shape index (κ1) is 19.5. The van der Waals surface area contributed by atoms with Crippen LogP contribution in [0.25, 0.3) is 0 Å². The van der Waals surface area contributed by atoms with Crippen molar-refractivity contribution < 1.29 is 9.59 Å². The molecular weight excluding hydrogens is 312 g/mol. The number of amides is 2. The molecule has 4 heteroatoms. The van der Waals surface area contributed by atoms with Crippen LogP contribution in [0.4, 0.5) is 0 Å². The minimum atomic E-state index is -0.442. The van der Waals surface area contributed by atoms with Crippen molar-refractivity contribution in [2.24, 2.45) is 0 Å². The highest BCUT2D eigenvalue weighted by Gasteiger charge is 2.27. The highest BCUT2D eigenvalue weighted by molar-refractivity contribution is 5.87. The Hall–Kier alpha value is -1.84. The average Bonchev–Trinajstić information content (AvgIpc) is 2.61. The van der Waals surface area contributed by atoms with E-state index >= 15 is 0 Å². The minimum absolute atomic E-state index is 0.0246. The molecule has 2 amide bonds. The largest absolute Gasteiger partial charge is 0.352 e. The number of carbonyl (C=O) groups excluding carboxylic acids is 2. The fourth-order valence-electron chi connectivity index (χ4n) is 3.40. The van der Waals surface area contributed by atoms with Gasteiger partial charge in [0.1, 0.15) is 6.04 Å². The van der Waals surface area contributed by atoms with Gasteiger partial charge in [-0.25, -0.2) is 0 Å². The monoisotopic (exact) mass is 344 g/mol. The van der Waals surface area contributed by atoms with Crippen molar-refractivity contribution in [3.63, 3.8) is 0 Å². The Kier molecular flexibility index (Phi) is 7.48. The SMILES string of the molecule is CCCC(=O)N(Cc1ccc(C)cc1)[C@H](C)C(=O)NC1CCCCC1. The number of carbonyl (C=O) groups is 2. The molecule has 1 fully saturated rings. The molecule has 1 aromatic rings. The van der Waals surface area contributed by atoms with E-state index in [2.05, 4.69) is 5.32 Å². The summed E-state index contributed by atoms with van der Waals surface area (Å²) < 4.78 is 0. The van der Waals surface area contributed by atoms with Gasteiger partial charge in [0.05, 0.1) is 0 Å². The van der Waals surface area contributed by atoms with E-state index in [4.69, 9.17) is 0 Å². The van der Waals surface area contributed by atoms with Crippen molar-refractivity contribution in [1.29, 1.82) is 0 Å². The molecule has 0 saturated heterocycles. The maximum Gasteiger partial charge on any atom is 0.242 e. The first-order valence-electron chi connectivity index (χ1n) is 9.66. The summed E-state index contributed by atoms with van der Waals surface area (Å²) in [6, 6.07) is 7.99. The van der Waals surface area contributed by atoms with Crippen LogP contribution in [-0.2, 0) is 16.1 Å². The summed E-state index contributed by atoms with van der Waals surface area (Å²) in [4.78, 5) is 27.0. The van der Waals surface area contributed by atoms with Gasteiger partial charge in [-0.1, -0.05) is 56.0 Å². The van der Waals surface area contributed by atoms with Crippen LogP contribution in [0.1, 0.15) is 69.9 Å². The van der Waals surface area contributed by atoms with Gasteiger partial charge < -0.3 is 10.2 Å². The van der Waals surface area contributed by atoms with Crippen molar-refractivity contribution in [3.05, 3.63) is 35.4 Å². The first-order valence-corrected chi connectivity index (χ1v) is 9.66. The summed E-state index contributed by atoms with van der Waals surface area (Å²) in [5, 5.41) is 3.16. The smallest absolute Gasteiger partial charge is 0.242 e. The van der Waals surface area contributed by atoms with E-state index in [1.807, 2.05) is 45.0 Å². The zero-order valence-electron chi connectivity index (χ0n) is 15.9. The summed E-state index contributed by atoms with van der Waals surface area (Å²) in [5.74, 6) is 0.0258. The fraction of sp³-hybridized carbons (Fsp3) is 0.619. The second kappa shape index (κ2) is 9.59. The van der Waals surface area contributed by atoms with E-state index in [0.717, 1.165) is 24.8 Å². The predicted octanol–water partition coefficient (Wildman–Crippen LogP) is 3.96. The second-order valence-electron chi connectivity index (χ2n) is 7.28. The van der Waals surface area contributed by atoms with Crippen LogP contribution in [0.2, 0.25) is 0 Å². The van der Waals surface area contributed by atoms with Crippen LogP contribution < -0.4 is 5.32 Å². The zero-order chi connectivity index (χ0) is 18.2. The topological polar surface area (TPSA) is 49.4 Å². The number of hydrogen-bond donors (Lipinski definition) is 1. The summed E-state index contributed by atoms with van der Waals surface area (Å²) in [6.45, 7) is 6.37. The molecule has 1 atom stereocenters. The molecule has 0 heterocycles. The van der Waals surface area contributed by atoms with Gasteiger partial charge in [-0.05, 0) is 38.7 Å². The lowest BCUT2D eigenvalue weighted by Crippen LogP contribution is -2.50. The summed E-state index contributed by atoms with van der Waals surface area (Å²) in [5.41, 5.74) is 2.26. The highest BCUT2D eigenvalue weighted by Crippen LogP contribution is 2.18. The number of rotatable bonds is 7. The molecule has 138 valence electrons. The number of nitrogens with one attached hydrogen (secondary N) is 1. The number of aryl methyl sites for hydroxylation is 1. The van der Waals surface area contributed by atoms with Crippen LogP contribution in [0.5, 0.6) is 0 Å². The van der Waals surface area contributed by atoms with Crippen LogP contribution in [-0.4, -0.2) is 28.8 Å². The Morgan fingerprint density at radius 3 is 2.40 bits per heavy atom. The van der Waals surface area contributed by atoms with Crippen LogP contribution in [0, 0.1) is 6.92 Å². The van der Waals surface area contributed by atoms with Gasteiger partial charge in [0.25, 0.3) is 0 Å². The van der Waals surface area contributed by atoms with Crippen molar-refractivity contribution in [3.8, 4) is 0 Å². The molecule has 0 radical (unpaired) electrons. The molecule has 1 N–H and O–H groups in total. The quantitative estimate of drug-likeness (QED) is 0.814. The van der Waals surface area contributed by atoms with Gasteiger partial charge in [-0.3, -0.25) is 9.59 Å². The number of hydrogen-bond acceptors (Lipinski definition) is 2. The zero-order valence-corrected chi connectivity index (χ0v) is 15.9. The van der Waals surface area contributed by atoms with Crippen LogP contribution >= 0.6 is 0 Å². The molecule has 0 unspecified atom stereocenters. The van der Waals surface area contributed by atoms with Crippen molar-refractivity contribution in [1.82, 2.24) is 10.2 Å². The lowest BCUT2D eigenvalue weighted by atomic mass is 9.95. The molecule has 1 aliphatic rings. The molecule has 1 aromatic carbocycles. The van der Waals surface area contributed by atoms with E-state index in [0.29, 0.717) is 13.0 Å². The Morgan fingerprint density at radius 2 is 1.80 bits per heavy atom. The standard InChI is InChI=1S/C21H32N2O2/c1-4-8-20(24)23(15-18-13-11-16(2)12-14-18)17(3)21(25)22-19-9-6-5-7-10-19/h11-14,17,19H,4-10,15H2,1-3H3,(H,22,25)/t17-/m1/s1. The lowest BCUT2D eigenvalue weighted by molar-refractivity contribution is -0.141. The van der Waals surface area contributed by atoms with E-state index in [1.54, 1.807) is 4.90 Å². The molecular formula is C21H32N2O2. The highest BCUT2D eigenvalue weighted by atomic mass is 16.2. The van der Waals surface area contributed by atoms with Crippen molar-refractivity contribution in [2.45, 2.75) is 84.3 Å². The first-order chi connectivity index (χ1) is 12.0. The Balaban J connectivity index is 2.05. The molecule has 2 rings (SSSR count). The van der Waals surface area contributed by atoms with Gasteiger partial charge in [0.2, 0.25) is 11.8 Å². The third kappa shape index (κ3) is 5.87. The van der Waals surface area contributed by atoms with Gasteiger partial charge in [0, 0.05) is 19.0 Å². The Bertz CT molecular complexity index is 562. The predicted molar refractivity (Wildman–Crippen MR) is 101 cm³/mol. The number of nitrogens with zero attached hydrogens (tertiary/aromatic N) is 1. The van der Waals surface area contributed by atoms with Gasteiger partial charge in [-0.15, -0.1) is 0 Å². The van der Waals surface area contributed by atoms with Crippen molar-refractivity contribution in [2.75, 3.05) is 0 Å². The molecule has 0 bridgehead atoms. The molecule has 1 saturated carbocycles. The molecule has 4 nitrogen and oxygen atoms in total. The minimum Gasteiger partial charge on any atom is -0.352 e. The summed E-state index contributed by atoms with van der Waals surface area (Å²) in [6.07, 6.45) is 7.00. The van der Waals surface area contributed by atoms with E-state index in [1.165, 1.54) is 24.8 Å². The molecule has 25 heavy (non-hydrogen) atoms. The normalized spacial score (nSPS) is 16.3. The molecule has 0 spiro atoms. The third-order valence-electron chi connectivity index (χ3n) is 5.06. The van der Waals surface area contributed by atoms with Crippen molar-refractivity contribution >= 4 is 11.8 Å². The second-order valence-corrected chi connectivity index (χ2v) is 7.28. The number of benzene rings is 1. The van der Waals surface area contributed by atoms with E-state index < -0.39 is 6.04 Å². The maximum atomic E-state index is 12.7. The summed E-state index contributed by atoms with van der Waals surface area (Å²) >= 11 is 0. The fourth-order valence-corrected chi connectivity index (χ4v) is 3.40. The Morgan fingerprint density at radius 1 is 1.16 bits per heavy atom. The maximum absolute atomic E-state index is 12.7. The third-order valence-corrected chi connectivity index (χ3v) is 5.06. The van der Waals surface area contributed by atoms with Gasteiger partial charge in [0.15, 0.2) is 0 Å². The average molecular weight is 344 g/mol. The van der Waals surface area contributed by atoms with Crippen LogP contribution in [0.15, 0.2) is 24.3 Å².